The van der Waals surface area contributed by atoms with Gasteiger partial charge in [0.1, 0.15) is 11.6 Å². The van der Waals surface area contributed by atoms with Crippen LogP contribution in [0.15, 0.2) is 41.0 Å². The Morgan fingerprint density at radius 3 is 2.82 bits per heavy atom. The molecule has 0 spiro atoms. The van der Waals surface area contributed by atoms with Crippen molar-refractivity contribution in [3.05, 3.63) is 46.6 Å². The van der Waals surface area contributed by atoms with Gasteiger partial charge in [-0.05, 0) is 29.8 Å². The minimum Gasteiger partial charge on any atom is -0.506 e. The summed E-state index contributed by atoms with van der Waals surface area (Å²) in [7, 11) is 0. The van der Waals surface area contributed by atoms with E-state index in [4.69, 9.17) is 5.73 Å². The molecule has 1 aromatic carbocycles. The molecule has 2 rings (SSSR count). The van der Waals surface area contributed by atoms with Gasteiger partial charge in [-0.15, -0.1) is 0 Å². The van der Waals surface area contributed by atoms with Crippen molar-refractivity contribution in [2.75, 3.05) is 11.1 Å². The molecule has 4 N–H and O–H groups in total. The van der Waals surface area contributed by atoms with Crippen molar-refractivity contribution in [1.82, 2.24) is 4.98 Å². The number of hydrogen-bond acceptors (Lipinski definition) is 4. The average molecular weight is 294 g/mol. The van der Waals surface area contributed by atoms with Crippen LogP contribution in [-0.4, -0.2) is 10.1 Å². The number of rotatable bonds is 3. The molecule has 1 heterocycles. The van der Waals surface area contributed by atoms with Crippen molar-refractivity contribution in [3.8, 4) is 5.75 Å². The van der Waals surface area contributed by atoms with E-state index in [1.54, 1.807) is 18.3 Å². The highest BCUT2D eigenvalue weighted by Crippen LogP contribution is 2.21. The number of phenolic OH excluding ortho intramolecular Hbond substituents is 1. The van der Waals surface area contributed by atoms with E-state index in [1.807, 2.05) is 18.2 Å². The van der Waals surface area contributed by atoms with Gasteiger partial charge in [-0.1, -0.05) is 22.0 Å². The Morgan fingerprint density at radius 2 is 2.12 bits per heavy atom. The first kappa shape index (κ1) is 11.7. The van der Waals surface area contributed by atoms with Gasteiger partial charge in [-0.25, -0.2) is 4.98 Å². The molecule has 5 heteroatoms. The van der Waals surface area contributed by atoms with Gasteiger partial charge in [0.2, 0.25) is 0 Å². The Morgan fingerprint density at radius 1 is 1.29 bits per heavy atom. The molecule has 0 amide bonds. The smallest absolute Gasteiger partial charge is 0.138 e. The number of nitrogens with two attached hydrogens (primary N) is 1. The summed E-state index contributed by atoms with van der Waals surface area (Å²) in [5, 5.41) is 12.6. The van der Waals surface area contributed by atoms with Gasteiger partial charge in [-0.3, -0.25) is 0 Å². The lowest BCUT2D eigenvalue weighted by Gasteiger charge is -2.07. The van der Waals surface area contributed by atoms with Crippen molar-refractivity contribution in [2.45, 2.75) is 6.54 Å². The molecule has 4 nitrogen and oxygen atoms in total. The average Bonchev–Trinajstić information content (AvgIpc) is 2.31. The second kappa shape index (κ2) is 5.05. The maximum absolute atomic E-state index is 9.47. The normalized spacial score (nSPS) is 10.2. The summed E-state index contributed by atoms with van der Waals surface area (Å²) in [4.78, 5) is 4.17. The van der Waals surface area contributed by atoms with E-state index in [-0.39, 0.29) is 5.75 Å². The van der Waals surface area contributed by atoms with Crippen molar-refractivity contribution in [2.24, 2.45) is 0 Å². The first-order valence-electron chi connectivity index (χ1n) is 5.08. The van der Waals surface area contributed by atoms with E-state index >= 15 is 0 Å². The lowest BCUT2D eigenvalue weighted by molar-refractivity contribution is 0.477. The van der Waals surface area contributed by atoms with E-state index in [0.29, 0.717) is 12.2 Å². The lowest BCUT2D eigenvalue weighted by Crippen LogP contribution is -2.01. The maximum Gasteiger partial charge on any atom is 0.138 e. The van der Waals surface area contributed by atoms with Crippen LogP contribution >= 0.6 is 15.9 Å². The van der Waals surface area contributed by atoms with E-state index in [2.05, 4.69) is 26.2 Å². The van der Waals surface area contributed by atoms with Gasteiger partial charge >= 0.3 is 0 Å². The lowest BCUT2D eigenvalue weighted by atomic mass is 10.2. The third kappa shape index (κ3) is 3.10. The van der Waals surface area contributed by atoms with E-state index in [9.17, 15) is 5.11 Å². The molecule has 0 fully saturated rings. The molecule has 0 saturated heterocycles. The summed E-state index contributed by atoms with van der Waals surface area (Å²) < 4.78 is 0.968. The molecular weight excluding hydrogens is 282 g/mol. The SMILES string of the molecule is Nc1ccc(CNc2cc(Br)ccn2)cc1O. The highest BCUT2D eigenvalue weighted by molar-refractivity contribution is 9.10. The molecule has 0 radical (unpaired) electrons. The molecule has 17 heavy (non-hydrogen) atoms. The Labute approximate surface area is 108 Å². The first-order valence-corrected chi connectivity index (χ1v) is 5.87. The second-order valence-corrected chi connectivity index (χ2v) is 4.52. The van der Waals surface area contributed by atoms with Crippen LogP contribution in [0.5, 0.6) is 5.75 Å². The number of nitrogens with zero attached hydrogens (tertiary/aromatic N) is 1. The molecule has 0 aliphatic carbocycles. The number of anilines is 2. The van der Waals surface area contributed by atoms with Crippen molar-refractivity contribution < 1.29 is 5.11 Å². The van der Waals surface area contributed by atoms with Crippen LogP contribution in [0.25, 0.3) is 0 Å². The van der Waals surface area contributed by atoms with Crippen LogP contribution in [0.2, 0.25) is 0 Å². The molecule has 0 unspecified atom stereocenters. The number of halogens is 1. The molecule has 0 atom stereocenters. The molecule has 2 aromatic rings. The highest BCUT2D eigenvalue weighted by atomic mass is 79.9. The number of nitrogen functional groups attached to an aromatic ring is 1. The number of pyridine rings is 1. The zero-order chi connectivity index (χ0) is 12.3. The highest BCUT2D eigenvalue weighted by Gasteiger charge is 2.00. The summed E-state index contributed by atoms with van der Waals surface area (Å²) >= 11 is 3.37. The summed E-state index contributed by atoms with van der Waals surface area (Å²) in [5.41, 5.74) is 6.85. The molecule has 0 saturated carbocycles. The predicted molar refractivity (Wildman–Crippen MR) is 71.8 cm³/mol. The standard InChI is InChI=1S/C12H12BrN3O/c13-9-3-4-15-12(6-9)16-7-8-1-2-10(14)11(17)5-8/h1-6,17H,7,14H2,(H,15,16). The quantitative estimate of drug-likeness (QED) is 0.601. The Bertz CT molecular complexity index is 531. The largest absolute Gasteiger partial charge is 0.506 e. The van der Waals surface area contributed by atoms with Gasteiger partial charge in [0.15, 0.2) is 0 Å². The van der Waals surface area contributed by atoms with Crippen molar-refractivity contribution in [1.29, 1.82) is 0 Å². The number of hydrogen-bond donors (Lipinski definition) is 3. The fourth-order valence-electron chi connectivity index (χ4n) is 1.39. The molecule has 0 bridgehead atoms. The van der Waals surface area contributed by atoms with Crippen LogP contribution < -0.4 is 11.1 Å². The van der Waals surface area contributed by atoms with Gasteiger partial charge in [-0.2, -0.15) is 0 Å². The maximum atomic E-state index is 9.47. The Hall–Kier alpha value is -1.75. The molecule has 0 aliphatic heterocycles. The number of phenols is 1. The number of nitrogens with one attached hydrogen (secondary N) is 1. The zero-order valence-corrected chi connectivity index (χ0v) is 10.6. The molecule has 0 aliphatic rings. The van der Waals surface area contributed by atoms with Gasteiger partial charge in [0, 0.05) is 17.2 Å². The molecular formula is C12H12BrN3O. The fourth-order valence-corrected chi connectivity index (χ4v) is 1.73. The minimum absolute atomic E-state index is 0.103. The monoisotopic (exact) mass is 293 g/mol. The number of benzene rings is 1. The van der Waals surface area contributed by atoms with Crippen molar-refractivity contribution >= 4 is 27.4 Å². The number of aromatic hydroxyl groups is 1. The van der Waals surface area contributed by atoms with Crippen LogP contribution in [0, 0.1) is 0 Å². The van der Waals surface area contributed by atoms with E-state index in [0.717, 1.165) is 15.9 Å². The Balaban J connectivity index is 2.05. The zero-order valence-electron chi connectivity index (χ0n) is 9.02. The van der Waals surface area contributed by atoms with E-state index in [1.165, 1.54) is 0 Å². The van der Waals surface area contributed by atoms with Crippen LogP contribution in [0.3, 0.4) is 0 Å². The first-order chi connectivity index (χ1) is 8.15. The summed E-state index contributed by atoms with van der Waals surface area (Å²) in [6.07, 6.45) is 1.72. The third-order valence-electron chi connectivity index (χ3n) is 2.29. The third-order valence-corrected chi connectivity index (χ3v) is 2.78. The number of aromatic nitrogens is 1. The summed E-state index contributed by atoms with van der Waals surface area (Å²) in [6, 6.07) is 8.93. The second-order valence-electron chi connectivity index (χ2n) is 3.61. The van der Waals surface area contributed by atoms with Gasteiger partial charge < -0.3 is 16.2 Å². The van der Waals surface area contributed by atoms with Gasteiger partial charge in [0.25, 0.3) is 0 Å². The van der Waals surface area contributed by atoms with Crippen molar-refractivity contribution in [3.63, 3.8) is 0 Å². The fraction of sp³-hybridized carbons (Fsp3) is 0.0833. The summed E-state index contributed by atoms with van der Waals surface area (Å²) in [5.74, 6) is 0.877. The van der Waals surface area contributed by atoms with E-state index < -0.39 is 0 Å². The molecule has 1 aromatic heterocycles. The van der Waals surface area contributed by atoms with Crippen LogP contribution in [0.4, 0.5) is 11.5 Å². The minimum atomic E-state index is 0.103. The van der Waals surface area contributed by atoms with Gasteiger partial charge in [0.05, 0.1) is 5.69 Å². The predicted octanol–water partition coefficient (Wildman–Crippen LogP) is 2.74. The summed E-state index contributed by atoms with van der Waals surface area (Å²) in [6.45, 7) is 0.581. The Kier molecular flexibility index (Phi) is 3.49. The van der Waals surface area contributed by atoms with Crippen LogP contribution in [0.1, 0.15) is 5.56 Å². The van der Waals surface area contributed by atoms with Crippen LogP contribution in [-0.2, 0) is 6.54 Å². The topological polar surface area (TPSA) is 71.2 Å². The molecule has 88 valence electrons.